The third-order valence-corrected chi connectivity index (χ3v) is 9.88. The molecule has 2 fully saturated rings. The lowest BCUT2D eigenvalue weighted by molar-refractivity contribution is -0.155. The molecule has 2 saturated heterocycles. The molecule has 3 aliphatic rings. The van der Waals surface area contributed by atoms with Crippen molar-refractivity contribution in [3.63, 3.8) is 0 Å². The summed E-state index contributed by atoms with van der Waals surface area (Å²) in [6.45, 7) is 0.462. The van der Waals surface area contributed by atoms with Gasteiger partial charge in [0.1, 0.15) is 17.3 Å². The number of allylic oxidation sites excluding steroid dienone is 1. The second kappa shape index (κ2) is 16.7. The minimum atomic E-state index is -0.762. The first kappa shape index (κ1) is 36.3. The largest absolute Gasteiger partial charge is 0.494 e. The van der Waals surface area contributed by atoms with Crippen LogP contribution in [0.4, 0.5) is 4.39 Å². The molecule has 5 unspecified atom stereocenters. The zero-order valence-corrected chi connectivity index (χ0v) is 28.5. The van der Waals surface area contributed by atoms with Crippen LogP contribution in [0, 0.1) is 17.7 Å². The molecule has 0 radical (unpaired) electrons. The van der Waals surface area contributed by atoms with Gasteiger partial charge in [0.2, 0.25) is 0 Å². The Bertz CT molecular complexity index is 1850. The van der Waals surface area contributed by atoms with E-state index in [9.17, 15) is 33.2 Å². The van der Waals surface area contributed by atoms with Crippen LogP contribution in [0.15, 0.2) is 72.8 Å². The minimum absolute atomic E-state index is 0.0608. The lowest BCUT2D eigenvalue weighted by atomic mass is 9.67. The maximum absolute atomic E-state index is 13.1. The Labute approximate surface area is 300 Å². The maximum Gasteiger partial charge on any atom is 0.321 e. The Morgan fingerprint density at radius 1 is 0.769 bits per heavy atom. The van der Waals surface area contributed by atoms with Gasteiger partial charge in [0, 0.05) is 5.56 Å². The summed E-state index contributed by atoms with van der Waals surface area (Å²) < 4.78 is 34.7. The lowest BCUT2D eigenvalue weighted by Gasteiger charge is -2.33. The third kappa shape index (κ3) is 8.70. The number of carbonyl (C=O) groups excluding carboxylic acids is 6. The van der Waals surface area contributed by atoms with Crippen LogP contribution in [0.2, 0.25) is 0 Å². The SMILES string of the molecule is O=CC(CCCCCCCCOc1ccc2c(c1)C1C(=O)OC(=O)C1CC2C1CC(=O)OC1=O)Oc1ccc(/C=C/C(=O)c2ccc(F)cc2)cc1. The van der Waals surface area contributed by atoms with Crippen LogP contribution >= 0.6 is 0 Å². The highest BCUT2D eigenvalue weighted by atomic mass is 19.1. The van der Waals surface area contributed by atoms with E-state index in [0.717, 1.165) is 55.9 Å². The average molecular weight is 711 g/mol. The van der Waals surface area contributed by atoms with E-state index in [1.54, 1.807) is 42.5 Å². The fourth-order valence-electron chi connectivity index (χ4n) is 7.16. The highest BCUT2D eigenvalue weighted by Crippen LogP contribution is 2.51. The molecule has 0 amide bonds. The molecule has 0 aromatic heterocycles. The van der Waals surface area contributed by atoms with E-state index >= 15 is 0 Å². The Morgan fingerprint density at radius 3 is 2.17 bits per heavy atom. The topological polar surface area (TPSA) is 139 Å². The molecule has 52 heavy (non-hydrogen) atoms. The molecule has 3 aromatic carbocycles. The Hall–Kier alpha value is -5.45. The van der Waals surface area contributed by atoms with Gasteiger partial charge in [-0.2, -0.15) is 0 Å². The molecule has 6 rings (SSSR count). The zero-order chi connectivity index (χ0) is 36.6. The molecule has 10 nitrogen and oxygen atoms in total. The van der Waals surface area contributed by atoms with E-state index in [1.807, 2.05) is 6.07 Å². The molecule has 270 valence electrons. The maximum atomic E-state index is 13.1. The highest BCUT2D eigenvalue weighted by Gasteiger charge is 2.53. The van der Waals surface area contributed by atoms with Crippen LogP contribution in [-0.4, -0.2) is 48.7 Å². The average Bonchev–Trinajstić information content (AvgIpc) is 3.64. The van der Waals surface area contributed by atoms with Gasteiger partial charge in [-0.3, -0.25) is 28.8 Å². The molecule has 11 heteroatoms. The standard InChI is InChI=1S/C41H39FO10/c42-27-13-11-26(12-14-27)36(44)19-10-25-8-15-28(16-9-25)50-30(24-43)7-5-3-1-2-4-6-20-49-29-17-18-31-32(34-23-37(45)51-39(34)46)22-35-38(33(31)21-29)41(48)52-40(35)47/h8-19,21,24,30,32,34-35,38H,1-7,20,22-23H2/b19-10+. The van der Waals surface area contributed by atoms with Crippen molar-refractivity contribution >= 4 is 42.0 Å². The van der Waals surface area contributed by atoms with Gasteiger partial charge < -0.3 is 18.9 Å². The summed E-state index contributed by atoms with van der Waals surface area (Å²) >= 11 is 0. The molecular formula is C41H39FO10. The second-order valence-corrected chi connectivity index (χ2v) is 13.4. The molecule has 3 aromatic rings. The van der Waals surface area contributed by atoms with E-state index in [0.29, 0.717) is 35.7 Å². The Balaban J connectivity index is 0.891. The van der Waals surface area contributed by atoms with Crippen LogP contribution in [-0.2, 0) is 33.4 Å². The van der Waals surface area contributed by atoms with Gasteiger partial charge in [0.25, 0.3) is 0 Å². The van der Waals surface area contributed by atoms with E-state index in [2.05, 4.69) is 0 Å². The first-order valence-electron chi connectivity index (χ1n) is 17.7. The molecule has 0 N–H and O–H groups in total. The van der Waals surface area contributed by atoms with Gasteiger partial charge in [0.05, 0.1) is 30.8 Å². The van der Waals surface area contributed by atoms with Gasteiger partial charge in [-0.25, -0.2) is 4.39 Å². The van der Waals surface area contributed by atoms with Gasteiger partial charge >= 0.3 is 23.9 Å². The molecule has 2 aliphatic heterocycles. The Morgan fingerprint density at radius 2 is 1.46 bits per heavy atom. The number of rotatable bonds is 17. The van der Waals surface area contributed by atoms with Crippen molar-refractivity contribution in [3.05, 3.63) is 101 Å². The summed E-state index contributed by atoms with van der Waals surface area (Å²) in [7, 11) is 0. The molecule has 0 bridgehead atoms. The summed E-state index contributed by atoms with van der Waals surface area (Å²) in [5.41, 5.74) is 2.52. The molecular weight excluding hydrogens is 671 g/mol. The minimum Gasteiger partial charge on any atom is -0.494 e. The number of hydrogen-bond acceptors (Lipinski definition) is 10. The Kier molecular flexibility index (Phi) is 11.7. The van der Waals surface area contributed by atoms with Crippen LogP contribution in [0.3, 0.4) is 0 Å². The van der Waals surface area contributed by atoms with Crippen molar-refractivity contribution in [1.29, 1.82) is 0 Å². The van der Waals surface area contributed by atoms with Crippen molar-refractivity contribution in [1.82, 2.24) is 0 Å². The van der Waals surface area contributed by atoms with Gasteiger partial charge in [-0.15, -0.1) is 0 Å². The second-order valence-electron chi connectivity index (χ2n) is 13.4. The smallest absolute Gasteiger partial charge is 0.321 e. The van der Waals surface area contributed by atoms with E-state index in [1.165, 1.54) is 30.3 Å². The number of hydrogen-bond donors (Lipinski definition) is 0. The summed E-state index contributed by atoms with van der Waals surface area (Å²) in [6, 6.07) is 17.8. The molecule has 5 atom stereocenters. The first-order valence-corrected chi connectivity index (χ1v) is 17.7. The van der Waals surface area contributed by atoms with Crippen molar-refractivity contribution in [2.45, 2.75) is 75.7 Å². The number of benzene rings is 3. The lowest BCUT2D eigenvalue weighted by Crippen LogP contribution is -2.31. The van der Waals surface area contributed by atoms with Crippen molar-refractivity contribution < 1.29 is 52.1 Å². The predicted octanol–water partition coefficient (Wildman–Crippen LogP) is 6.84. The number of unbranched alkanes of at least 4 members (excludes halogenated alkanes) is 5. The highest BCUT2D eigenvalue weighted by molar-refractivity contribution is 6.06. The molecule has 2 heterocycles. The van der Waals surface area contributed by atoms with Crippen LogP contribution in [0.25, 0.3) is 6.08 Å². The molecule has 0 saturated carbocycles. The fourth-order valence-corrected chi connectivity index (χ4v) is 7.16. The third-order valence-electron chi connectivity index (χ3n) is 9.88. The zero-order valence-electron chi connectivity index (χ0n) is 28.5. The summed E-state index contributed by atoms with van der Waals surface area (Å²) in [5.74, 6) is -4.56. The van der Waals surface area contributed by atoms with E-state index < -0.39 is 59.5 Å². The number of halogens is 1. The number of fused-ring (bicyclic) bond motifs is 3. The number of ketones is 1. The molecule has 0 spiro atoms. The van der Waals surface area contributed by atoms with Gasteiger partial charge in [0.15, 0.2) is 18.2 Å². The quantitative estimate of drug-likeness (QED) is 0.0366. The summed E-state index contributed by atoms with van der Waals surface area (Å²) in [5, 5.41) is 0. The normalized spacial score (nSPS) is 21.3. The van der Waals surface area contributed by atoms with E-state index in [-0.39, 0.29) is 18.6 Å². The van der Waals surface area contributed by atoms with Crippen LogP contribution in [0.1, 0.15) is 96.7 Å². The molecule has 1 aliphatic carbocycles. The van der Waals surface area contributed by atoms with E-state index in [4.69, 9.17) is 18.9 Å². The van der Waals surface area contributed by atoms with Crippen molar-refractivity contribution in [2.75, 3.05) is 6.61 Å². The number of aldehydes is 1. The fraction of sp³-hybridized carbons (Fsp3) is 0.366. The van der Waals surface area contributed by atoms with Crippen LogP contribution < -0.4 is 9.47 Å². The number of esters is 4. The van der Waals surface area contributed by atoms with Gasteiger partial charge in [-0.1, -0.05) is 50.0 Å². The number of ether oxygens (including phenoxy) is 4. The monoisotopic (exact) mass is 710 g/mol. The number of cyclic esters (lactones) is 4. The van der Waals surface area contributed by atoms with Crippen molar-refractivity contribution in [2.24, 2.45) is 11.8 Å². The van der Waals surface area contributed by atoms with Gasteiger partial charge in [-0.05, 0) is 103 Å². The number of carbonyl (C=O) groups is 6. The van der Waals surface area contributed by atoms with Crippen LogP contribution in [0.5, 0.6) is 11.5 Å². The van der Waals surface area contributed by atoms with Crippen molar-refractivity contribution in [3.8, 4) is 11.5 Å². The summed E-state index contributed by atoms with van der Waals surface area (Å²) in [6.07, 6.45) is 9.64. The predicted molar refractivity (Wildman–Crippen MR) is 185 cm³/mol. The summed E-state index contributed by atoms with van der Waals surface area (Å²) in [4.78, 5) is 73.2. The first-order chi connectivity index (χ1) is 25.2.